The predicted octanol–water partition coefficient (Wildman–Crippen LogP) is 3.26. The molecule has 0 atom stereocenters. The Morgan fingerprint density at radius 2 is 1.91 bits per heavy atom. The monoisotopic (exact) mass is 317 g/mol. The molecule has 0 saturated heterocycles. The Labute approximate surface area is 133 Å². The van der Waals surface area contributed by atoms with E-state index < -0.39 is 17.7 Å². The highest BCUT2D eigenvalue weighted by molar-refractivity contribution is 6.05. The zero-order valence-electron chi connectivity index (χ0n) is 12.8. The summed E-state index contributed by atoms with van der Waals surface area (Å²) in [7, 11) is 1.35. The molecule has 0 heterocycles. The SMILES string of the molecule is CCOC(=O)c1cccc(NC(=O)c2ccc(OC)c(F)c2)c1. The van der Waals surface area contributed by atoms with Gasteiger partial charge in [0, 0.05) is 11.3 Å². The maximum atomic E-state index is 13.6. The Kier molecular flexibility index (Phi) is 5.30. The minimum atomic E-state index is -0.625. The molecule has 1 N–H and O–H groups in total. The van der Waals surface area contributed by atoms with Crippen molar-refractivity contribution in [3.05, 3.63) is 59.4 Å². The van der Waals surface area contributed by atoms with Crippen LogP contribution in [0.4, 0.5) is 10.1 Å². The second-order valence-corrected chi connectivity index (χ2v) is 4.60. The molecule has 1 amide bonds. The molecule has 0 aliphatic heterocycles. The molecule has 23 heavy (non-hydrogen) atoms. The molecule has 0 aliphatic rings. The number of ether oxygens (including phenoxy) is 2. The van der Waals surface area contributed by atoms with Crippen molar-refractivity contribution in [2.45, 2.75) is 6.92 Å². The Bertz CT molecular complexity index is 730. The zero-order chi connectivity index (χ0) is 16.8. The molecule has 2 aromatic carbocycles. The third-order valence-corrected chi connectivity index (χ3v) is 3.05. The average Bonchev–Trinajstić information content (AvgIpc) is 2.55. The summed E-state index contributed by atoms with van der Waals surface area (Å²) >= 11 is 0. The van der Waals surface area contributed by atoms with Crippen molar-refractivity contribution < 1.29 is 23.5 Å². The highest BCUT2D eigenvalue weighted by Gasteiger charge is 2.12. The summed E-state index contributed by atoms with van der Waals surface area (Å²) in [6.07, 6.45) is 0. The molecule has 2 aromatic rings. The van der Waals surface area contributed by atoms with Crippen LogP contribution < -0.4 is 10.1 Å². The van der Waals surface area contributed by atoms with Crippen molar-refractivity contribution >= 4 is 17.6 Å². The Hall–Kier alpha value is -2.89. The lowest BCUT2D eigenvalue weighted by Crippen LogP contribution is -2.13. The van der Waals surface area contributed by atoms with Crippen molar-refractivity contribution in [2.75, 3.05) is 19.0 Å². The number of hydrogen-bond donors (Lipinski definition) is 1. The van der Waals surface area contributed by atoms with Crippen LogP contribution in [-0.4, -0.2) is 25.6 Å². The summed E-state index contributed by atoms with van der Waals surface area (Å²) in [5.74, 6) is -1.53. The topological polar surface area (TPSA) is 64.6 Å². The van der Waals surface area contributed by atoms with E-state index >= 15 is 0 Å². The molecule has 0 radical (unpaired) electrons. The number of carbonyl (C=O) groups excluding carboxylic acids is 2. The molecule has 120 valence electrons. The first-order valence-corrected chi connectivity index (χ1v) is 6.97. The number of esters is 1. The van der Waals surface area contributed by atoms with E-state index in [0.717, 1.165) is 6.07 Å². The second-order valence-electron chi connectivity index (χ2n) is 4.60. The molecule has 0 aliphatic carbocycles. The summed E-state index contributed by atoms with van der Waals surface area (Å²) in [4.78, 5) is 23.8. The van der Waals surface area contributed by atoms with Gasteiger partial charge in [-0.3, -0.25) is 4.79 Å². The number of hydrogen-bond acceptors (Lipinski definition) is 4. The van der Waals surface area contributed by atoms with Gasteiger partial charge in [-0.1, -0.05) is 6.07 Å². The van der Waals surface area contributed by atoms with E-state index in [0.29, 0.717) is 11.3 Å². The quantitative estimate of drug-likeness (QED) is 0.860. The molecule has 0 spiro atoms. The van der Waals surface area contributed by atoms with Crippen LogP contribution in [0.25, 0.3) is 0 Å². The predicted molar refractivity (Wildman–Crippen MR) is 83.3 cm³/mol. The lowest BCUT2D eigenvalue weighted by molar-refractivity contribution is 0.0526. The highest BCUT2D eigenvalue weighted by atomic mass is 19.1. The van der Waals surface area contributed by atoms with Gasteiger partial charge in [-0.15, -0.1) is 0 Å². The number of amides is 1. The number of benzene rings is 2. The Balaban J connectivity index is 2.15. The summed E-state index contributed by atoms with van der Waals surface area (Å²) in [5, 5.41) is 2.61. The number of methoxy groups -OCH3 is 1. The molecular formula is C17H16FNO4. The molecular weight excluding hydrogens is 301 g/mol. The molecule has 0 fully saturated rings. The van der Waals surface area contributed by atoms with Crippen LogP contribution in [0.3, 0.4) is 0 Å². The van der Waals surface area contributed by atoms with Gasteiger partial charge in [0.25, 0.3) is 5.91 Å². The number of rotatable bonds is 5. The zero-order valence-corrected chi connectivity index (χ0v) is 12.8. The number of nitrogens with one attached hydrogen (secondary N) is 1. The number of halogens is 1. The minimum absolute atomic E-state index is 0.0610. The third kappa shape index (κ3) is 4.06. The maximum absolute atomic E-state index is 13.6. The number of anilines is 1. The molecule has 0 aromatic heterocycles. The van der Waals surface area contributed by atoms with Crippen LogP contribution in [0.15, 0.2) is 42.5 Å². The van der Waals surface area contributed by atoms with Crippen molar-refractivity contribution in [3.63, 3.8) is 0 Å². The normalized spacial score (nSPS) is 10.0. The van der Waals surface area contributed by atoms with Crippen LogP contribution in [0.2, 0.25) is 0 Å². The van der Waals surface area contributed by atoms with Gasteiger partial charge in [0.2, 0.25) is 0 Å². The van der Waals surface area contributed by atoms with E-state index in [9.17, 15) is 14.0 Å². The van der Waals surface area contributed by atoms with Crippen molar-refractivity contribution in [1.29, 1.82) is 0 Å². The standard InChI is InChI=1S/C17H16FNO4/c1-3-23-17(21)12-5-4-6-13(9-12)19-16(20)11-7-8-15(22-2)14(18)10-11/h4-10H,3H2,1-2H3,(H,19,20). The summed E-state index contributed by atoms with van der Waals surface area (Å²) in [6.45, 7) is 1.97. The Morgan fingerprint density at radius 3 is 2.57 bits per heavy atom. The van der Waals surface area contributed by atoms with E-state index in [4.69, 9.17) is 9.47 Å². The fourth-order valence-corrected chi connectivity index (χ4v) is 1.95. The van der Waals surface area contributed by atoms with Crippen LogP contribution in [0.5, 0.6) is 5.75 Å². The molecule has 6 heteroatoms. The van der Waals surface area contributed by atoms with Crippen LogP contribution in [0.1, 0.15) is 27.6 Å². The molecule has 0 saturated carbocycles. The maximum Gasteiger partial charge on any atom is 0.338 e. The van der Waals surface area contributed by atoms with Crippen LogP contribution in [0, 0.1) is 5.82 Å². The first kappa shape index (κ1) is 16.5. The van der Waals surface area contributed by atoms with Gasteiger partial charge in [0.1, 0.15) is 0 Å². The van der Waals surface area contributed by atoms with Gasteiger partial charge in [-0.05, 0) is 43.3 Å². The lowest BCUT2D eigenvalue weighted by Gasteiger charge is -2.08. The van der Waals surface area contributed by atoms with E-state index in [1.807, 2.05) is 0 Å². The largest absolute Gasteiger partial charge is 0.494 e. The van der Waals surface area contributed by atoms with E-state index in [2.05, 4.69) is 5.32 Å². The van der Waals surface area contributed by atoms with Gasteiger partial charge >= 0.3 is 5.97 Å². The Morgan fingerprint density at radius 1 is 1.13 bits per heavy atom. The fourth-order valence-electron chi connectivity index (χ4n) is 1.95. The third-order valence-electron chi connectivity index (χ3n) is 3.05. The molecule has 5 nitrogen and oxygen atoms in total. The molecule has 0 bridgehead atoms. The minimum Gasteiger partial charge on any atom is -0.494 e. The summed E-state index contributed by atoms with van der Waals surface area (Å²) in [6, 6.07) is 10.2. The smallest absolute Gasteiger partial charge is 0.338 e. The van der Waals surface area contributed by atoms with Gasteiger partial charge < -0.3 is 14.8 Å². The summed E-state index contributed by atoms with van der Waals surface area (Å²) in [5.41, 5.74) is 0.882. The average molecular weight is 317 g/mol. The second kappa shape index (κ2) is 7.40. The van der Waals surface area contributed by atoms with Crippen LogP contribution in [-0.2, 0) is 4.74 Å². The fraction of sp³-hybridized carbons (Fsp3) is 0.176. The highest BCUT2D eigenvalue weighted by Crippen LogP contribution is 2.19. The lowest BCUT2D eigenvalue weighted by atomic mass is 10.1. The number of carbonyl (C=O) groups is 2. The van der Waals surface area contributed by atoms with Crippen molar-refractivity contribution in [2.24, 2.45) is 0 Å². The van der Waals surface area contributed by atoms with E-state index in [1.54, 1.807) is 25.1 Å². The first-order chi connectivity index (χ1) is 11.0. The van der Waals surface area contributed by atoms with Gasteiger partial charge in [0.05, 0.1) is 19.3 Å². The van der Waals surface area contributed by atoms with Crippen LogP contribution >= 0.6 is 0 Å². The molecule has 2 rings (SSSR count). The van der Waals surface area contributed by atoms with Gasteiger partial charge in [-0.2, -0.15) is 0 Å². The first-order valence-electron chi connectivity index (χ1n) is 6.97. The van der Waals surface area contributed by atoms with Gasteiger partial charge in [-0.25, -0.2) is 9.18 Å². The molecule has 0 unspecified atom stereocenters. The van der Waals surface area contributed by atoms with E-state index in [1.165, 1.54) is 25.3 Å². The van der Waals surface area contributed by atoms with Crippen molar-refractivity contribution in [1.82, 2.24) is 0 Å². The van der Waals surface area contributed by atoms with Gasteiger partial charge in [0.15, 0.2) is 11.6 Å². The van der Waals surface area contributed by atoms with Crippen molar-refractivity contribution in [3.8, 4) is 5.75 Å². The summed E-state index contributed by atoms with van der Waals surface area (Å²) < 4.78 is 23.3. The van der Waals surface area contributed by atoms with E-state index in [-0.39, 0.29) is 17.9 Å².